The molecule has 21 heavy (non-hydrogen) atoms. The number of urea groups is 1. The number of carboxylic acid groups (broad SMARTS) is 1. The molecule has 7 heteroatoms. The molecule has 0 aromatic rings. The normalized spacial score (nSPS) is 19.0. The van der Waals surface area contributed by atoms with Gasteiger partial charge in [-0.3, -0.25) is 4.79 Å². The van der Waals surface area contributed by atoms with Gasteiger partial charge in [-0.1, -0.05) is 0 Å². The first-order chi connectivity index (χ1) is 10.0. The molecule has 2 amide bonds. The minimum atomic E-state index is -1.15. The molecule has 2 aliphatic rings. The second-order valence-corrected chi connectivity index (χ2v) is 5.82. The van der Waals surface area contributed by atoms with Crippen molar-refractivity contribution in [2.75, 3.05) is 7.11 Å². The highest BCUT2D eigenvalue weighted by Gasteiger charge is 2.42. The lowest BCUT2D eigenvalue weighted by molar-refractivity contribution is -0.142. The van der Waals surface area contributed by atoms with Crippen molar-refractivity contribution in [3.63, 3.8) is 0 Å². The predicted octanol–water partition coefficient (Wildman–Crippen LogP) is 0.881. The van der Waals surface area contributed by atoms with E-state index in [1.165, 1.54) is 7.11 Å². The maximum Gasteiger partial charge on any atom is 0.326 e. The van der Waals surface area contributed by atoms with Crippen molar-refractivity contribution in [3.8, 4) is 0 Å². The summed E-state index contributed by atoms with van der Waals surface area (Å²) in [6, 6.07) is -1.38. The van der Waals surface area contributed by atoms with Crippen molar-refractivity contribution in [3.05, 3.63) is 0 Å². The fraction of sp³-hybridized carbons (Fsp3) is 0.786. The maximum atomic E-state index is 11.9. The molecule has 3 N–H and O–H groups in total. The van der Waals surface area contributed by atoms with E-state index >= 15 is 0 Å². The Balaban J connectivity index is 1.79. The van der Waals surface area contributed by atoms with Crippen molar-refractivity contribution in [2.45, 2.75) is 50.6 Å². The van der Waals surface area contributed by atoms with Gasteiger partial charge < -0.3 is 20.5 Å². The van der Waals surface area contributed by atoms with Gasteiger partial charge in [0.25, 0.3) is 0 Å². The lowest BCUT2D eigenvalue weighted by Crippen LogP contribution is -2.50. The molecule has 2 fully saturated rings. The molecular formula is C14H22N2O5. The molecule has 118 valence electrons. The van der Waals surface area contributed by atoms with Crippen molar-refractivity contribution in [2.24, 2.45) is 11.8 Å². The molecule has 0 bridgehead atoms. The summed E-state index contributed by atoms with van der Waals surface area (Å²) in [7, 11) is 1.24. The van der Waals surface area contributed by atoms with Crippen LogP contribution in [0.25, 0.3) is 0 Å². The molecule has 0 heterocycles. The van der Waals surface area contributed by atoms with E-state index in [9.17, 15) is 14.4 Å². The van der Waals surface area contributed by atoms with Crippen molar-refractivity contribution in [1.82, 2.24) is 10.6 Å². The summed E-state index contributed by atoms with van der Waals surface area (Å²) in [6.07, 6.45) is 4.51. The van der Waals surface area contributed by atoms with E-state index in [-0.39, 0.29) is 18.9 Å². The topological polar surface area (TPSA) is 105 Å². The van der Waals surface area contributed by atoms with Crippen LogP contribution in [0.1, 0.15) is 38.5 Å². The van der Waals surface area contributed by atoms with E-state index < -0.39 is 24.0 Å². The van der Waals surface area contributed by atoms with E-state index in [1.807, 2.05) is 0 Å². The summed E-state index contributed by atoms with van der Waals surface area (Å²) in [5.74, 6) is -0.552. The van der Waals surface area contributed by atoms with Crippen LogP contribution in [-0.4, -0.2) is 42.3 Å². The standard InChI is InChI=1S/C14H22N2O5/c1-21-11(17)7-6-10(13(18)19)15-14(20)16-12(8-2-3-8)9-4-5-9/h8-10,12H,2-7H2,1H3,(H,18,19)(H2,15,16,20)/t10-/m1/s1. The number of hydrogen-bond acceptors (Lipinski definition) is 4. The maximum absolute atomic E-state index is 11.9. The fourth-order valence-corrected chi connectivity index (χ4v) is 2.50. The van der Waals surface area contributed by atoms with E-state index in [0.29, 0.717) is 11.8 Å². The Morgan fingerprint density at radius 2 is 1.71 bits per heavy atom. The van der Waals surface area contributed by atoms with Crippen LogP contribution in [0.3, 0.4) is 0 Å². The van der Waals surface area contributed by atoms with Gasteiger partial charge in [-0.15, -0.1) is 0 Å². The number of amides is 2. The number of hydrogen-bond donors (Lipinski definition) is 3. The van der Waals surface area contributed by atoms with E-state index in [2.05, 4.69) is 15.4 Å². The first-order valence-electron chi connectivity index (χ1n) is 7.38. The number of rotatable bonds is 8. The van der Waals surface area contributed by atoms with Crippen LogP contribution in [0.15, 0.2) is 0 Å². The van der Waals surface area contributed by atoms with Gasteiger partial charge in [0.2, 0.25) is 0 Å². The average molecular weight is 298 g/mol. The second-order valence-electron chi connectivity index (χ2n) is 5.82. The van der Waals surface area contributed by atoms with Crippen LogP contribution < -0.4 is 10.6 Å². The van der Waals surface area contributed by atoms with Crippen LogP contribution in [0.5, 0.6) is 0 Å². The van der Waals surface area contributed by atoms with Gasteiger partial charge in [-0.2, -0.15) is 0 Å². The number of methoxy groups -OCH3 is 1. The number of esters is 1. The SMILES string of the molecule is COC(=O)CC[C@@H](NC(=O)NC(C1CC1)C1CC1)C(=O)O. The zero-order valence-electron chi connectivity index (χ0n) is 12.1. The van der Waals surface area contributed by atoms with Crippen molar-refractivity contribution < 1.29 is 24.2 Å². The highest BCUT2D eigenvalue weighted by Crippen LogP contribution is 2.44. The summed E-state index contributed by atoms with van der Waals surface area (Å²) in [4.78, 5) is 34.1. The number of carboxylic acids is 1. The smallest absolute Gasteiger partial charge is 0.326 e. The van der Waals surface area contributed by atoms with Gasteiger partial charge in [-0.05, 0) is 43.9 Å². The van der Waals surface area contributed by atoms with Gasteiger partial charge in [0, 0.05) is 12.5 Å². The van der Waals surface area contributed by atoms with E-state index in [4.69, 9.17) is 5.11 Å². The summed E-state index contributed by atoms with van der Waals surface area (Å²) in [5, 5.41) is 14.4. The lowest BCUT2D eigenvalue weighted by Gasteiger charge is -2.20. The lowest BCUT2D eigenvalue weighted by atomic mass is 10.1. The Morgan fingerprint density at radius 3 is 2.14 bits per heavy atom. The van der Waals surface area contributed by atoms with Crippen molar-refractivity contribution >= 4 is 18.0 Å². The summed E-state index contributed by atoms with van der Waals surface area (Å²) >= 11 is 0. The Kier molecular flexibility index (Phi) is 5.03. The fourth-order valence-electron chi connectivity index (χ4n) is 2.50. The van der Waals surface area contributed by atoms with Gasteiger partial charge in [0.05, 0.1) is 7.11 Å². The minimum Gasteiger partial charge on any atom is -0.480 e. The zero-order valence-corrected chi connectivity index (χ0v) is 12.1. The molecule has 2 aliphatic carbocycles. The zero-order chi connectivity index (χ0) is 15.4. The Morgan fingerprint density at radius 1 is 1.14 bits per heavy atom. The molecule has 0 aromatic heterocycles. The quantitative estimate of drug-likeness (QED) is 0.577. The predicted molar refractivity (Wildman–Crippen MR) is 73.6 cm³/mol. The number of carbonyl (C=O) groups excluding carboxylic acids is 2. The first-order valence-corrected chi connectivity index (χ1v) is 7.38. The highest BCUT2D eigenvalue weighted by atomic mass is 16.5. The number of nitrogens with one attached hydrogen (secondary N) is 2. The molecule has 7 nitrogen and oxygen atoms in total. The van der Waals surface area contributed by atoms with Gasteiger partial charge in [-0.25, -0.2) is 9.59 Å². The van der Waals surface area contributed by atoms with E-state index in [1.54, 1.807) is 0 Å². The highest BCUT2D eigenvalue weighted by molar-refractivity contribution is 5.83. The molecule has 0 unspecified atom stereocenters. The third-order valence-corrected chi connectivity index (χ3v) is 4.03. The molecular weight excluding hydrogens is 276 g/mol. The molecule has 1 atom stereocenters. The molecule has 0 aromatic carbocycles. The summed E-state index contributed by atoms with van der Waals surface area (Å²) in [5.41, 5.74) is 0. The second kappa shape index (κ2) is 6.78. The van der Waals surface area contributed by atoms with Crippen molar-refractivity contribution in [1.29, 1.82) is 0 Å². The molecule has 2 rings (SSSR count). The Hall–Kier alpha value is -1.79. The summed E-state index contributed by atoms with van der Waals surface area (Å²) < 4.78 is 4.47. The molecule has 0 radical (unpaired) electrons. The largest absolute Gasteiger partial charge is 0.480 e. The van der Waals surface area contributed by atoms with Gasteiger partial charge in [0.15, 0.2) is 0 Å². The van der Waals surface area contributed by atoms with Gasteiger partial charge >= 0.3 is 18.0 Å². The van der Waals surface area contributed by atoms with Crippen LogP contribution in [0, 0.1) is 11.8 Å². The number of aliphatic carboxylic acids is 1. The van der Waals surface area contributed by atoms with Gasteiger partial charge in [0.1, 0.15) is 6.04 Å². The molecule has 2 saturated carbocycles. The Bertz CT molecular complexity index is 406. The van der Waals surface area contributed by atoms with Crippen LogP contribution in [-0.2, 0) is 14.3 Å². The molecule has 0 aliphatic heterocycles. The minimum absolute atomic E-state index is 0.0208. The van der Waals surface area contributed by atoms with Crippen LogP contribution >= 0.6 is 0 Å². The first kappa shape index (κ1) is 15.6. The van der Waals surface area contributed by atoms with E-state index in [0.717, 1.165) is 25.7 Å². The van der Waals surface area contributed by atoms with Crippen LogP contribution in [0.2, 0.25) is 0 Å². The molecule has 0 saturated heterocycles. The average Bonchev–Trinajstić information content (AvgIpc) is 3.31. The van der Waals surface area contributed by atoms with Crippen LogP contribution in [0.4, 0.5) is 4.79 Å². The molecule has 0 spiro atoms. The Labute approximate surface area is 123 Å². The number of carbonyl (C=O) groups is 3. The third-order valence-electron chi connectivity index (χ3n) is 4.03. The monoisotopic (exact) mass is 298 g/mol. The number of ether oxygens (including phenoxy) is 1. The summed E-state index contributed by atoms with van der Waals surface area (Å²) in [6.45, 7) is 0. The third kappa shape index (κ3) is 4.91.